The van der Waals surface area contributed by atoms with Crippen LogP contribution in [0.25, 0.3) is 0 Å². The highest BCUT2D eigenvalue weighted by molar-refractivity contribution is 5.81. The Bertz CT molecular complexity index is 488. The molecule has 0 aromatic rings. The van der Waals surface area contributed by atoms with E-state index in [0.29, 0.717) is 106 Å². The molecule has 208 valence electrons. The number of ether oxygens (including phenoxy) is 8. The molecule has 0 aromatic carbocycles. The van der Waals surface area contributed by atoms with Crippen molar-refractivity contribution in [2.24, 2.45) is 11.5 Å². The van der Waals surface area contributed by atoms with Gasteiger partial charge >= 0.3 is 0 Å². The van der Waals surface area contributed by atoms with Crippen molar-refractivity contribution in [2.75, 3.05) is 113 Å². The van der Waals surface area contributed by atoms with Crippen LogP contribution in [0.15, 0.2) is 0 Å². The maximum atomic E-state index is 11.3. The zero-order valence-electron chi connectivity index (χ0n) is 21.0. The Balaban J connectivity index is 3.20. The molecule has 13 heteroatoms. The van der Waals surface area contributed by atoms with Crippen molar-refractivity contribution in [2.45, 2.75) is 18.9 Å². The maximum Gasteiger partial charge on any atom is 0.234 e. The monoisotopic (exact) mass is 511 g/mol. The quantitative estimate of drug-likeness (QED) is 0.0993. The van der Waals surface area contributed by atoms with E-state index in [1.54, 1.807) is 7.11 Å². The fraction of sp³-hybridized carbons (Fsp3) is 0.909. The van der Waals surface area contributed by atoms with Crippen LogP contribution in [0.4, 0.5) is 0 Å². The van der Waals surface area contributed by atoms with Crippen LogP contribution in [0.2, 0.25) is 0 Å². The molecule has 35 heavy (non-hydrogen) atoms. The summed E-state index contributed by atoms with van der Waals surface area (Å²) in [7, 11) is 1.64. The van der Waals surface area contributed by atoms with E-state index >= 15 is 0 Å². The van der Waals surface area contributed by atoms with Gasteiger partial charge in [0.25, 0.3) is 0 Å². The Labute approximate surface area is 208 Å². The van der Waals surface area contributed by atoms with Crippen molar-refractivity contribution in [3.8, 4) is 0 Å². The van der Waals surface area contributed by atoms with Crippen LogP contribution in [0.3, 0.4) is 0 Å². The molecule has 0 radical (unpaired) electrons. The lowest BCUT2D eigenvalue weighted by molar-refractivity contribution is -0.121. The lowest BCUT2D eigenvalue weighted by atomic mass is 10.1. The molecule has 0 aliphatic carbocycles. The topological polar surface area (TPSA) is 172 Å². The Morgan fingerprint density at radius 2 is 0.943 bits per heavy atom. The van der Waals surface area contributed by atoms with Crippen LogP contribution >= 0.6 is 0 Å². The number of carbonyl (C=O) groups excluding carboxylic acids is 2. The number of rotatable bonds is 29. The normalized spacial score (nSPS) is 12.1. The first-order valence-electron chi connectivity index (χ1n) is 11.9. The smallest absolute Gasteiger partial charge is 0.234 e. The molecule has 0 aliphatic heterocycles. The first-order chi connectivity index (χ1) is 17.1. The Kier molecular flexibility index (Phi) is 26.1. The number of primary amides is 2. The molecular formula is C22H45N3O10. The van der Waals surface area contributed by atoms with E-state index in [-0.39, 0.29) is 12.8 Å². The molecule has 5 N–H and O–H groups in total. The SMILES string of the molecule is COCCOCCOCCOCCOCCOCCOCCOCCN[C@@H](CCC(N)=O)C(N)=O. The van der Waals surface area contributed by atoms with Crippen molar-refractivity contribution >= 4 is 11.8 Å². The molecule has 0 bridgehead atoms. The van der Waals surface area contributed by atoms with Crippen molar-refractivity contribution in [1.82, 2.24) is 5.32 Å². The molecule has 0 fully saturated rings. The van der Waals surface area contributed by atoms with Gasteiger partial charge in [-0.15, -0.1) is 0 Å². The van der Waals surface area contributed by atoms with E-state index in [2.05, 4.69) is 5.32 Å². The highest BCUT2D eigenvalue weighted by Crippen LogP contribution is 1.96. The second kappa shape index (κ2) is 27.2. The number of amides is 2. The minimum absolute atomic E-state index is 0.0986. The first-order valence-corrected chi connectivity index (χ1v) is 11.9. The third-order valence-electron chi connectivity index (χ3n) is 4.32. The molecule has 0 aliphatic rings. The highest BCUT2D eigenvalue weighted by Gasteiger charge is 2.14. The molecule has 2 amide bonds. The van der Waals surface area contributed by atoms with Gasteiger partial charge in [-0.3, -0.25) is 9.59 Å². The van der Waals surface area contributed by atoms with Crippen molar-refractivity contribution in [1.29, 1.82) is 0 Å². The summed E-state index contributed by atoms with van der Waals surface area (Å²) in [6.07, 6.45) is 0.371. The predicted molar refractivity (Wildman–Crippen MR) is 127 cm³/mol. The fourth-order valence-corrected chi connectivity index (χ4v) is 2.50. The average Bonchev–Trinajstić information content (AvgIpc) is 2.83. The summed E-state index contributed by atoms with van der Waals surface area (Å²) in [5.74, 6) is -0.993. The lowest BCUT2D eigenvalue weighted by Crippen LogP contribution is -2.43. The Hall–Kier alpha value is -1.42. The fourth-order valence-electron chi connectivity index (χ4n) is 2.50. The second-order valence-corrected chi connectivity index (χ2v) is 7.19. The van der Waals surface area contributed by atoms with Gasteiger partial charge in [0.15, 0.2) is 0 Å². The number of hydrogen-bond acceptors (Lipinski definition) is 11. The van der Waals surface area contributed by atoms with E-state index in [0.717, 1.165) is 0 Å². The Morgan fingerprint density at radius 1 is 0.600 bits per heavy atom. The van der Waals surface area contributed by atoms with Gasteiger partial charge in [0.05, 0.1) is 105 Å². The molecule has 0 heterocycles. The molecule has 0 unspecified atom stereocenters. The van der Waals surface area contributed by atoms with E-state index in [1.165, 1.54) is 0 Å². The van der Waals surface area contributed by atoms with Crippen LogP contribution in [-0.2, 0) is 47.5 Å². The zero-order chi connectivity index (χ0) is 25.8. The van der Waals surface area contributed by atoms with E-state index < -0.39 is 17.9 Å². The van der Waals surface area contributed by atoms with Crippen LogP contribution < -0.4 is 16.8 Å². The van der Waals surface area contributed by atoms with Crippen LogP contribution in [-0.4, -0.2) is 131 Å². The summed E-state index contributed by atoms with van der Waals surface area (Å²) < 4.78 is 42.6. The van der Waals surface area contributed by atoms with E-state index in [9.17, 15) is 9.59 Å². The summed E-state index contributed by atoms with van der Waals surface area (Å²) in [6.45, 7) is 7.84. The van der Waals surface area contributed by atoms with E-state index in [4.69, 9.17) is 49.4 Å². The average molecular weight is 512 g/mol. The third-order valence-corrected chi connectivity index (χ3v) is 4.32. The van der Waals surface area contributed by atoms with Gasteiger partial charge in [-0.25, -0.2) is 0 Å². The van der Waals surface area contributed by atoms with Crippen LogP contribution in [0.5, 0.6) is 0 Å². The molecule has 0 saturated carbocycles. The number of methoxy groups -OCH3 is 1. The molecule has 0 rings (SSSR count). The summed E-state index contributed by atoms with van der Waals surface area (Å²) in [4.78, 5) is 22.1. The summed E-state index contributed by atoms with van der Waals surface area (Å²) in [5, 5.41) is 2.94. The zero-order valence-corrected chi connectivity index (χ0v) is 21.0. The van der Waals surface area contributed by atoms with Gasteiger partial charge in [-0.1, -0.05) is 0 Å². The minimum atomic E-state index is -0.599. The largest absolute Gasteiger partial charge is 0.382 e. The molecule has 0 aromatic heterocycles. The standard InChI is InChI=1S/C22H45N3O10/c1-28-6-7-30-10-11-32-14-15-34-18-19-35-17-16-33-13-12-31-9-8-29-5-4-25-20(22(24)27)2-3-21(23)26/h20,25H,2-19H2,1H3,(H2,23,26)(H2,24,27)/t20-/m0/s1. The van der Waals surface area contributed by atoms with Crippen molar-refractivity contribution < 1.29 is 47.5 Å². The van der Waals surface area contributed by atoms with Gasteiger partial charge in [-0.2, -0.15) is 0 Å². The third kappa shape index (κ3) is 27.0. The lowest BCUT2D eigenvalue weighted by Gasteiger charge is -2.14. The van der Waals surface area contributed by atoms with Crippen LogP contribution in [0.1, 0.15) is 12.8 Å². The number of nitrogens with two attached hydrogens (primary N) is 2. The first kappa shape index (κ1) is 33.6. The Morgan fingerprint density at radius 3 is 1.26 bits per heavy atom. The van der Waals surface area contributed by atoms with Crippen molar-refractivity contribution in [3.05, 3.63) is 0 Å². The number of nitrogens with one attached hydrogen (secondary N) is 1. The highest BCUT2D eigenvalue weighted by atomic mass is 16.6. The summed E-state index contributed by atoms with van der Waals surface area (Å²) >= 11 is 0. The summed E-state index contributed by atoms with van der Waals surface area (Å²) in [5.41, 5.74) is 10.3. The molecule has 0 saturated heterocycles. The van der Waals surface area contributed by atoms with E-state index in [1.807, 2.05) is 0 Å². The number of carbonyl (C=O) groups is 2. The second-order valence-electron chi connectivity index (χ2n) is 7.19. The molecule has 13 nitrogen and oxygen atoms in total. The van der Waals surface area contributed by atoms with Gasteiger partial charge in [0.1, 0.15) is 0 Å². The van der Waals surface area contributed by atoms with Gasteiger partial charge in [-0.05, 0) is 6.42 Å². The van der Waals surface area contributed by atoms with Gasteiger partial charge < -0.3 is 54.7 Å². The predicted octanol–water partition coefficient (Wildman–Crippen LogP) is -1.54. The molecular weight excluding hydrogens is 466 g/mol. The van der Waals surface area contributed by atoms with Gasteiger partial charge in [0.2, 0.25) is 11.8 Å². The number of hydrogen-bond donors (Lipinski definition) is 3. The van der Waals surface area contributed by atoms with Crippen LogP contribution in [0, 0.1) is 0 Å². The minimum Gasteiger partial charge on any atom is -0.382 e. The molecule has 0 spiro atoms. The van der Waals surface area contributed by atoms with Crippen molar-refractivity contribution in [3.63, 3.8) is 0 Å². The maximum absolute atomic E-state index is 11.3. The van der Waals surface area contributed by atoms with Gasteiger partial charge in [0, 0.05) is 20.1 Å². The molecule has 1 atom stereocenters. The summed E-state index contributed by atoms with van der Waals surface area (Å²) in [6, 6.07) is -0.599.